The second kappa shape index (κ2) is 7.79. The number of hydrogen-bond donors (Lipinski definition) is 2. The zero-order valence-corrected chi connectivity index (χ0v) is 12.0. The summed E-state index contributed by atoms with van der Waals surface area (Å²) in [4.78, 5) is 11.6. The molecule has 0 aromatic heterocycles. The Bertz CT molecular complexity index is 405. The molecular formula is C15H24N2O2. The first-order valence-electron chi connectivity index (χ1n) is 6.78. The third kappa shape index (κ3) is 5.30. The molecule has 0 spiro atoms. The number of ether oxygens (including phenoxy) is 1. The summed E-state index contributed by atoms with van der Waals surface area (Å²) in [5.41, 5.74) is 6.97. The Morgan fingerprint density at radius 2 is 2.05 bits per heavy atom. The van der Waals surface area contributed by atoms with Crippen molar-refractivity contribution in [1.29, 1.82) is 0 Å². The Kier molecular flexibility index (Phi) is 6.36. The fourth-order valence-electron chi connectivity index (χ4n) is 1.65. The zero-order valence-electron chi connectivity index (χ0n) is 12.0. The molecule has 1 rings (SSSR count). The van der Waals surface area contributed by atoms with Crippen LogP contribution in [0.3, 0.4) is 0 Å². The molecule has 19 heavy (non-hydrogen) atoms. The minimum Gasteiger partial charge on any atom is -0.483 e. The number of amides is 1. The molecule has 1 atom stereocenters. The molecule has 0 fully saturated rings. The average Bonchev–Trinajstić information content (AvgIpc) is 2.42. The molecule has 1 amide bonds. The summed E-state index contributed by atoms with van der Waals surface area (Å²) < 4.78 is 5.56. The molecular weight excluding hydrogens is 240 g/mol. The van der Waals surface area contributed by atoms with E-state index in [4.69, 9.17) is 10.5 Å². The van der Waals surface area contributed by atoms with Crippen molar-refractivity contribution in [2.75, 3.05) is 13.2 Å². The Balaban J connectivity index is 2.55. The van der Waals surface area contributed by atoms with Crippen LogP contribution in [-0.2, 0) is 4.79 Å². The summed E-state index contributed by atoms with van der Waals surface area (Å²) in [6, 6.07) is 7.54. The Morgan fingerprint density at radius 1 is 1.37 bits per heavy atom. The minimum absolute atomic E-state index is 0.0279. The lowest BCUT2D eigenvalue weighted by molar-refractivity contribution is -0.123. The molecule has 0 aliphatic heterocycles. The van der Waals surface area contributed by atoms with Crippen LogP contribution in [0.5, 0.6) is 5.75 Å². The molecule has 4 nitrogen and oxygen atoms in total. The quantitative estimate of drug-likeness (QED) is 0.794. The van der Waals surface area contributed by atoms with E-state index in [0.717, 1.165) is 12.0 Å². The molecule has 0 bridgehead atoms. The van der Waals surface area contributed by atoms with Crippen molar-refractivity contribution in [3.63, 3.8) is 0 Å². The van der Waals surface area contributed by atoms with Crippen LogP contribution in [0.2, 0.25) is 0 Å². The van der Waals surface area contributed by atoms with Gasteiger partial charge in [0.2, 0.25) is 0 Å². The molecule has 0 saturated heterocycles. The highest BCUT2D eigenvalue weighted by Crippen LogP contribution is 2.25. The van der Waals surface area contributed by atoms with Gasteiger partial charge in [-0.15, -0.1) is 0 Å². The number of hydrogen-bond acceptors (Lipinski definition) is 3. The first-order chi connectivity index (χ1) is 9.04. The van der Waals surface area contributed by atoms with Gasteiger partial charge in [-0.3, -0.25) is 4.79 Å². The summed E-state index contributed by atoms with van der Waals surface area (Å²) in [7, 11) is 0. The number of nitrogens with one attached hydrogen (secondary N) is 1. The summed E-state index contributed by atoms with van der Waals surface area (Å²) in [6.07, 6.45) is 0.833. The standard InChI is InChI=1S/C15H24N2O2/c1-4-13(16)12-7-5-6-8-14(12)19-10-15(18)17-9-11(2)3/h5-8,11,13H,4,9-10,16H2,1-3H3,(H,17,18)/t13-/m1/s1. The van der Waals surface area contributed by atoms with Gasteiger partial charge in [-0.2, -0.15) is 0 Å². The topological polar surface area (TPSA) is 64.3 Å². The summed E-state index contributed by atoms with van der Waals surface area (Å²) in [6.45, 7) is 6.82. The molecule has 0 radical (unpaired) electrons. The van der Waals surface area contributed by atoms with Crippen LogP contribution in [0.4, 0.5) is 0 Å². The van der Waals surface area contributed by atoms with E-state index >= 15 is 0 Å². The maximum Gasteiger partial charge on any atom is 0.257 e. The van der Waals surface area contributed by atoms with Crippen LogP contribution < -0.4 is 15.8 Å². The summed E-state index contributed by atoms with van der Waals surface area (Å²) in [5, 5.41) is 2.82. The van der Waals surface area contributed by atoms with Crippen molar-refractivity contribution in [3.8, 4) is 5.75 Å². The van der Waals surface area contributed by atoms with Gasteiger partial charge in [-0.25, -0.2) is 0 Å². The first-order valence-corrected chi connectivity index (χ1v) is 6.78. The normalized spacial score (nSPS) is 12.3. The van der Waals surface area contributed by atoms with Crippen molar-refractivity contribution >= 4 is 5.91 Å². The fraction of sp³-hybridized carbons (Fsp3) is 0.533. The number of carbonyl (C=O) groups is 1. The lowest BCUT2D eigenvalue weighted by Gasteiger charge is -2.15. The lowest BCUT2D eigenvalue weighted by atomic mass is 10.0. The van der Waals surface area contributed by atoms with Crippen molar-refractivity contribution in [3.05, 3.63) is 29.8 Å². The van der Waals surface area contributed by atoms with Gasteiger partial charge >= 0.3 is 0 Å². The smallest absolute Gasteiger partial charge is 0.257 e. The summed E-state index contributed by atoms with van der Waals surface area (Å²) in [5.74, 6) is 1.02. The number of para-hydroxylation sites is 1. The van der Waals surface area contributed by atoms with E-state index in [0.29, 0.717) is 18.2 Å². The molecule has 1 aromatic rings. The molecule has 0 heterocycles. The minimum atomic E-state index is -0.103. The largest absolute Gasteiger partial charge is 0.483 e. The van der Waals surface area contributed by atoms with Crippen molar-refractivity contribution in [1.82, 2.24) is 5.32 Å². The van der Waals surface area contributed by atoms with E-state index in [2.05, 4.69) is 19.2 Å². The molecule has 1 aromatic carbocycles. The molecule has 0 aliphatic carbocycles. The van der Waals surface area contributed by atoms with E-state index in [1.54, 1.807) is 0 Å². The highest BCUT2D eigenvalue weighted by molar-refractivity contribution is 5.77. The Hall–Kier alpha value is -1.55. The van der Waals surface area contributed by atoms with E-state index in [1.807, 2.05) is 31.2 Å². The van der Waals surface area contributed by atoms with Gasteiger partial charge in [0.25, 0.3) is 5.91 Å². The molecule has 0 unspecified atom stereocenters. The number of nitrogens with two attached hydrogens (primary N) is 1. The van der Waals surface area contributed by atoms with Gasteiger partial charge in [0.05, 0.1) is 0 Å². The summed E-state index contributed by atoms with van der Waals surface area (Å²) >= 11 is 0. The van der Waals surface area contributed by atoms with Crippen molar-refractivity contribution in [2.45, 2.75) is 33.2 Å². The Morgan fingerprint density at radius 3 is 2.68 bits per heavy atom. The van der Waals surface area contributed by atoms with E-state index in [-0.39, 0.29) is 18.6 Å². The van der Waals surface area contributed by atoms with Gasteiger partial charge < -0.3 is 15.8 Å². The Labute approximate surface area is 115 Å². The van der Waals surface area contributed by atoms with E-state index in [1.165, 1.54) is 0 Å². The molecule has 4 heteroatoms. The predicted octanol–water partition coefficient (Wildman–Crippen LogP) is 2.25. The van der Waals surface area contributed by atoms with Gasteiger partial charge in [0, 0.05) is 18.2 Å². The van der Waals surface area contributed by atoms with E-state index < -0.39 is 0 Å². The van der Waals surface area contributed by atoms with Crippen LogP contribution in [0.1, 0.15) is 38.8 Å². The van der Waals surface area contributed by atoms with Crippen molar-refractivity contribution in [2.24, 2.45) is 11.7 Å². The number of benzene rings is 1. The van der Waals surface area contributed by atoms with Gasteiger partial charge in [0.1, 0.15) is 5.75 Å². The van der Waals surface area contributed by atoms with Crippen LogP contribution in [0.25, 0.3) is 0 Å². The number of carbonyl (C=O) groups excluding carboxylic acids is 1. The number of rotatable bonds is 7. The van der Waals surface area contributed by atoms with E-state index in [9.17, 15) is 4.79 Å². The van der Waals surface area contributed by atoms with Crippen LogP contribution in [-0.4, -0.2) is 19.1 Å². The predicted molar refractivity (Wildman–Crippen MR) is 77.0 cm³/mol. The fourth-order valence-corrected chi connectivity index (χ4v) is 1.65. The molecule has 3 N–H and O–H groups in total. The van der Waals surface area contributed by atoms with Crippen molar-refractivity contribution < 1.29 is 9.53 Å². The SMILES string of the molecule is CC[C@@H](N)c1ccccc1OCC(=O)NCC(C)C. The third-order valence-electron chi connectivity index (χ3n) is 2.82. The highest BCUT2D eigenvalue weighted by atomic mass is 16.5. The highest BCUT2D eigenvalue weighted by Gasteiger charge is 2.11. The molecule has 0 saturated carbocycles. The van der Waals surface area contributed by atoms with Gasteiger partial charge in [-0.1, -0.05) is 39.0 Å². The maximum atomic E-state index is 11.6. The first kappa shape index (κ1) is 15.5. The molecule has 0 aliphatic rings. The van der Waals surface area contributed by atoms with Crippen LogP contribution >= 0.6 is 0 Å². The van der Waals surface area contributed by atoms with Crippen LogP contribution in [0.15, 0.2) is 24.3 Å². The van der Waals surface area contributed by atoms with Gasteiger partial charge in [-0.05, 0) is 18.4 Å². The van der Waals surface area contributed by atoms with Gasteiger partial charge in [0.15, 0.2) is 6.61 Å². The van der Waals surface area contributed by atoms with Crippen LogP contribution in [0, 0.1) is 5.92 Å². The maximum absolute atomic E-state index is 11.6. The molecule has 106 valence electrons. The average molecular weight is 264 g/mol. The zero-order chi connectivity index (χ0) is 14.3. The lowest BCUT2D eigenvalue weighted by Crippen LogP contribution is -2.32. The monoisotopic (exact) mass is 264 g/mol. The second-order valence-corrected chi connectivity index (χ2v) is 5.04. The second-order valence-electron chi connectivity index (χ2n) is 5.04. The third-order valence-corrected chi connectivity index (χ3v) is 2.82.